The molecule has 2 aromatic rings. The lowest BCUT2D eigenvalue weighted by Crippen LogP contribution is -2.09. The van der Waals surface area contributed by atoms with Crippen molar-refractivity contribution < 1.29 is 9.84 Å². The van der Waals surface area contributed by atoms with Crippen molar-refractivity contribution in [2.75, 3.05) is 0 Å². The predicted molar refractivity (Wildman–Crippen MR) is 73.9 cm³/mol. The molecule has 98 valence electrons. The van der Waals surface area contributed by atoms with Crippen molar-refractivity contribution in [3.63, 3.8) is 0 Å². The van der Waals surface area contributed by atoms with Gasteiger partial charge < -0.3 is 14.4 Å². The fourth-order valence-electron chi connectivity index (χ4n) is 2.25. The molecule has 1 aromatic heterocycles. The van der Waals surface area contributed by atoms with Gasteiger partial charge in [-0.3, -0.25) is 0 Å². The van der Waals surface area contributed by atoms with Crippen LogP contribution in [0.3, 0.4) is 0 Å². The Morgan fingerprint density at radius 1 is 1.17 bits per heavy atom. The van der Waals surface area contributed by atoms with Crippen molar-refractivity contribution in [1.82, 2.24) is 4.57 Å². The molecule has 0 bridgehead atoms. The number of fused-ring (bicyclic) bond motifs is 1. The molecule has 0 saturated heterocycles. The average Bonchev–Trinajstić information content (AvgIpc) is 2.63. The highest BCUT2D eigenvalue weighted by molar-refractivity contribution is 5.83. The Kier molecular flexibility index (Phi) is 3.62. The second-order valence-electron chi connectivity index (χ2n) is 5.20. The molecule has 0 spiro atoms. The van der Waals surface area contributed by atoms with Gasteiger partial charge in [-0.2, -0.15) is 0 Å². The minimum Gasteiger partial charge on any atom is -0.508 e. The molecule has 0 saturated carbocycles. The van der Waals surface area contributed by atoms with Crippen molar-refractivity contribution >= 4 is 10.9 Å². The molecule has 18 heavy (non-hydrogen) atoms. The van der Waals surface area contributed by atoms with Gasteiger partial charge in [0.1, 0.15) is 5.75 Å². The number of rotatable bonds is 4. The van der Waals surface area contributed by atoms with Crippen molar-refractivity contribution in [2.45, 2.75) is 46.4 Å². The first-order valence-electron chi connectivity index (χ1n) is 6.43. The average molecular weight is 247 g/mol. The molecule has 3 nitrogen and oxygen atoms in total. The van der Waals surface area contributed by atoms with E-state index in [1.54, 1.807) is 12.1 Å². The topological polar surface area (TPSA) is 34.4 Å². The Hall–Kier alpha value is -1.48. The van der Waals surface area contributed by atoms with E-state index in [-0.39, 0.29) is 6.10 Å². The molecule has 0 atom stereocenters. The Morgan fingerprint density at radius 2 is 1.89 bits per heavy atom. The van der Waals surface area contributed by atoms with E-state index < -0.39 is 0 Å². The summed E-state index contributed by atoms with van der Waals surface area (Å²) in [7, 11) is 0. The van der Waals surface area contributed by atoms with Crippen LogP contribution in [0.4, 0.5) is 0 Å². The first kappa shape index (κ1) is 13.0. The third-order valence-corrected chi connectivity index (χ3v) is 2.98. The molecular formula is C15H21NO2. The van der Waals surface area contributed by atoms with E-state index >= 15 is 0 Å². The lowest BCUT2D eigenvalue weighted by atomic mass is 10.2. The Labute approximate surface area is 108 Å². The lowest BCUT2D eigenvalue weighted by Gasteiger charge is -2.16. The summed E-state index contributed by atoms with van der Waals surface area (Å²) in [6, 6.07) is 7.96. The lowest BCUT2D eigenvalue weighted by molar-refractivity contribution is 0.0615. The number of hydrogen-bond acceptors (Lipinski definition) is 2. The van der Waals surface area contributed by atoms with Crippen LogP contribution in [0.1, 0.15) is 39.4 Å². The number of hydrogen-bond donors (Lipinski definition) is 1. The minimum atomic E-state index is 0.219. The van der Waals surface area contributed by atoms with Gasteiger partial charge in [0, 0.05) is 22.6 Å². The standard InChI is InChI=1S/C15H21NO2/c1-10(2)16-13(9-18-11(3)4)7-12-8-14(17)5-6-15(12)16/h5-8,10-11,17H,9H2,1-4H3. The highest BCUT2D eigenvalue weighted by Crippen LogP contribution is 2.27. The predicted octanol–water partition coefficient (Wildman–Crippen LogP) is 3.85. The fraction of sp³-hybridized carbons (Fsp3) is 0.467. The summed E-state index contributed by atoms with van der Waals surface area (Å²) in [4.78, 5) is 0. The summed E-state index contributed by atoms with van der Waals surface area (Å²) in [6.45, 7) is 8.99. The van der Waals surface area contributed by atoms with Gasteiger partial charge in [-0.05, 0) is 52.0 Å². The van der Waals surface area contributed by atoms with Gasteiger partial charge in [-0.15, -0.1) is 0 Å². The molecule has 0 fully saturated rings. The van der Waals surface area contributed by atoms with Crippen LogP contribution in [0.25, 0.3) is 10.9 Å². The first-order valence-corrected chi connectivity index (χ1v) is 6.43. The number of aromatic hydroxyl groups is 1. The van der Waals surface area contributed by atoms with E-state index in [1.165, 1.54) is 0 Å². The van der Waals surface area contributed by atoms with Crippen LogP contribution < -0.4 is 0 Å². The zero-order valence-electron chi connectivity index (χ0n) is 11.5. The van der Waals surface area contributed by atoms with Gasteiger partial charge >= 0.3 is 0 Å². The SMILES string of the molecule is CC(C)OCc1cc2cc(O)ccc2n1C(C)C. The Morgan fingerprint density at radius 3 is 2.50 bits per heavy atom. The van der Waals surface area contributed by atoms with Gasteiger partial charge in [-0.25, -0.2) is 0 Å². The molecule has 1 heterocycles. The number of phenolic OH excluding ortho intramolecular Hbond substituents is 1. The van der Waals surface area contributed by atoms with Crippen molar-refractivity contribution in [2.24, 2.45) is 0 Å². The van der Waals surface area contributed by atoms with Crippen LogP contribution in [0.15, 0.2) is 24.3 Å². The first-order chi connectivity index (χ1) is 8.49. The second kappa shape index (κ2) is 5.02. The molecule has 0 amide bonds. The summed E-state index contributed by atoms with van der Waals surface area (Å²) < 4.78 is 7.96. The normalized spacial score (nSPS) is 11.9. The van der Waals surface area contributed by atoms with Crippen molar-refractivity contribution in [1.29, 1.82) is 0 Å². The molecule has 2 rings (SSSR count). The molecular weight excluding hydrogens is 226 g/mol. The Bertz CT molecular complexity index is 541. The zero-order valence-corrected chi connectivity index (χ0v) is 11.5. The number of benzene rings is 1. The maximum Gasteiger partial charge on any atom is 0.116 e. The van der Waals surface area contributed by atoms with E-state index in [9.17, 15) is 5.11 Å². The maximum atomic E-state index is 9.55. The number of ether oxygens (including phenoxy) is 1. The summed E-state index contributed by atoms with van der Waals surface area (Å²) >= 11 is 0. The Balaban J connectivity index is 2.47. The van der Waals surface area contributed by atoms with E-state index in [0.29, 0.717) is 18.4 Å². The third-order valence-electron chi connectivity index (χ3n) is 2.98. The quantitative estimate of drug-likeness (QED) is 0.890. The maximum absolute atomic E-state index is 9.55. The summed E-state index contributed by atoms with van der Waals surface area (Å²) in [5, 5.41) is 10.6. The summed E-state index contributed by atoms with van der Waals surface area (Å²) in [6.07, 6.45) is 0.219. The smallest absolute Gasteiger partial charge is 0.116 e. The van der Waals surface area contributed by atoms with Crippen LogP contribution >= 0.6 is 0 Å². The van der Waals surface area contributed by atoms with E-state index in [0.717, 1.165) is 16.6 Å². The van der Waals surface area contributed by atoms with Crippen LogP contribution in [0, 0.1) is 0 Å². The number of nitrogens with zero attached hydrogens (tertiary/aromatic N) is 1. The zero-order chi connectivity index (χ0) is 13.3. The van der Waals surface area contributed by atoms with Crippen molar-refractivity contribution in [3.05, 3.63) is 30.0 Å². The van der Waals surface area contributed by atoms with Gasteiger partial charge in [0.25, 0.3) is 0 Å². The van der Waals surface area contributed by atoms with Crippen molar-refractivity contribution in [3.8, 4) is 5.75 Å². The van der Waals surface area contributed by atoms with Crippen LogP contribution in [-0.4, -0.2) is 15.8 Å². The molecule has 1 aromatic carbocycles. The molecule has 0 radical (unpaired) electrons. The number of aromatic nitrogens is 1. The summed E-state index contributed by atoms with van der Waals surface area (Å²) in [5.74, 6) is 0.305. The molecule has 0 aliphatic carbocycles. The largest absolute Gasteiger partial charge is 0.508 e. The van der Waals surface area contributed by atoms with E-state index in [4.69, 9.17) is 4.74 Å². The van der Waals surface area contributed by atoms with Crippen LogP contribution in [0.5, 0.6) is 5.75 Å². The van der Waals surface area contributed by atoms with Gasteiger partial charge in [0.2, 0.25) is 0 Å². The second-order valence-corrected chi connectivity index (χ2v) is 5.20. The van der Waals surface area contributed by atoms with Crippen LogP contribution in [-0.2, 0) is 11.3 Å². The van der Waals surface area contributed by atoms with Gasteiger partial charge in [-0.1, -0.05) is 0 Å². The highest BCUT2D eigenvalue weighted by Gasteiger charge is 2.12. The molecule has 0 aliphatic rings. The third kappa shape index (κ3) is 2.51. The van der Waals surface area contributed by atoms with E-state index in [1.807, 2.05) is 19.9 Å². The summed E-state index contributed by atoms with van der Waals surface area (Å²) in [5.41, 5.74) is 2.30. The van der Waals surface area contributed by atoms with E-state index in [2.05, 4.69) is 24.5 Å². The fourth-order valence-corrected chi connectivity index (χ4v) is 2.25. The molecule has 3 heteroatoms. The molecule has 0 unspecified atom stereocenters. The monoisotopic (exact) mass is 247 g/mol. The molecule has 1 N–H and O–H groups in total. The molecule has 0 aliphatic heterocycles. The van der Waals surface area contributed by atoms with Gasteiger partial charge in [0.05, 0.1) is 12.7 Å². The van der Waals surface area contributed by atoms with Crippen LogP contribution in [0.2, 0.25) is 0 Å². The minimum absolute atomic E-state index is 0.219. The van der Waals surface area contributed by atoms with Gasteiger partial charge in [0.15, 0.2) is 0 Å². The number of phenols is 1. The highest BCUT2D eigenvalue weighted by atomic mass is 16.5.